The van der Waals surface area contributed by atoms with Gasteiger partial charge in [-0.05, 0) is 42.5 Å². The summed E-state index contributed by atoms with van der Waals surface area (Å²) in [7, 11) is 0. The molecule has 2 aromatic rings. The van der Waals surface area contributed by atoms with E-state index < -0.39 is 5.97 Å². The quantitative estimate of drug-likeness (QED) is 0.833. The predicted octanol–water partition coefficient (Wildman–Crippen LogP) is 2.72. The number of amides is 1. The van der Waals surface area contributed by atoms with Gasteiger partial charge < -0.3 is 15.1 Å². The topological polar surface area (TPSA) is 81.1 Å². The lowest BCUT2D eigenvalue weighted by Crippen LogP contribution is -2.53. The van der Waals surface area contributed by atoms with E-state index >= 15 is 0 Å². The highest BCUT2D eigenvalue weighted by atomic mass is 16.4. The van der Waals surface area contributed by atoms with Crippen molar-refractivity contribution in [3.63, 3.8) is 0 Å². The first-order chi connectivity index (χ1) is 14.1. The van der Waals surface area contributed by atoms with Gasteiger partial charge in [-0.2, -0.15) is 0 Å². The molecule has 2 unspecified atom stereocenters. The van der Waals surface area contributed by atoms with Crippen LogP contribution in [0.15, 0.2) is 48.5 Å². The average molecular weight is 394 g/mol. The van der Waals surface area contributed by atoms with Gasteiger partial charge in [-0.3, -0.25) is 9.69 Å². The molecule has 0 spiro atoms. The van der Waals surface area contributed by atoms with E-state index in [4.69, 9.17) is 0 Å². The highest BCUT2D eigenvalue weighted by Crippen LogP contribution is 2.29. The minimum Gasteiger partial charge on any atom is -0.478 e. The maximum Gasteiger partial charge on any atom is 0.336 e. The number of nitrogens with zero attached hydrogens (tertiary/aromatic N) is 2. The maximum atomic E-state index is 13.3. The molecule has 1 saturated heterocycles. The van der Waals surface area contributed by atoms with Gasteiger partial charge in [0.2, 0.25) is 0 Å². The first-order valence-corrected chi connectivity index (χ1v) is 10.2. The van der Waals surface area contributed by atoms with Gasteiger partial charge >= 0.3 is 5.97 Å². The Morgan fingerprint density at radius 1 is 0.828 bits per heavy atom. The van der Waals surface area contributed by atoms with Crippen molar-refractivity contribution in [1.29, 1.82) is 0 Å². The molecular weight excluding hydrogens is 368 g/mol. The molecule has 4 rings (SSSR count). The highest BCUT2D eigenvalue weighted by molar-refractivity contribution is 6.04. The predicted molar refractivity (Wildman–Crippen MR) is 110 cm³/mol. The molecule has 1 amide bonds. The maximum absolute atomic E-state index is 13.3. The van der Waals surface area contributed by atoms with Crippen LogP contribution in [0.1, 0.15) is 40.0 Å². The molecule has 2 atom stereocenters. The Balaban J connectivity index is 1.55. The summed E-state index contributed by atoms with van der Waals surface area (Å²) in [5.41, 5.74) is 1.91. The average Bonchev–Trinajstić information content (AvgIpc) is 3.19. The van der Waals surface area contributed by atoms with Crippen molar-refractivity contribution in [2.75, 3.05) is 26.2 Å². The second kappa shape index (κ2) is 8.35. The van der Waals surface area contributed by atoms with Crippen molar-refractivity contribution in [3.8, 4) is 11.1 Å². The smallest absolute Gasteiger partial charge is 0.336 e. The number of aliphatic hydroxyl groups is 1. The molecule has 2 fully saturated rings. The molecule has 1 aliphatic carbocycles. The molecule has 6 nitrogen and oxygen atoms in total. The second-order valence-corrected chi connectivity index (χ2v) is 7.79. The molecule has 152 valence electrons. The van der Waals surface area contributed by atoms with E-state index in [1.54, 1.807) is 36.4 Å². The molecular formula is C23H26N2O4. The zero-order valence-electron chi connectivity index (χ0n) is 16.3. The van der Waals surface area contributed by atoms with Crippen LogP contribution in [0.5, 0.6) is 0 Å². The molecule has 6 heteroatoms. The van der Waals surface area contributed by atoms with Gasteiger partial charge in [-0.25, -0.2) is 4.79 Å². The van der Waals surface area contributed by atoms with Crippen LogP contribution >= 0.6 is 0 Å². The summed E-state index contributed by atoms with van der Waals surface area (Å²) in [6.45, 7) is 2.72. The summed E-state index contributed by atoms with van der Waals surface area (Å²) in [6.07, 6.45) is 2.68. The largest absolute Gasteiger partial charge is 0.478 e. The highest BCUT2D eigenvalue weighted by Gasteiger charge is 2.33. The van der Waals surface area contributed by atoms with Crippen LogP contribution in [0.3, 0.4) is 0 Å². The molecule has 0 radical (unpaired) electrons. The summed E-state index contributed by atoms with van der Waals surface area (Å²) in [5, 5.41) is 19.7. The van der Waals surface area contributed by atoms with Crippen LogP contribution in [0.25, 0.3) is 11.1 Å². The monoisotopic (exact) mass is 394 g/mol. The third kappa shape index (κ3) is 3.91. The number of hydrogen-bond donors (Lipinski definition) is 2. The lowest BCUT2D eigenvalue weighted by molar-refractivity contribution is 0.0316. The van der Waals surface area contributed by atoms with E-state index in [0.29, 0.717) is 29.8 Å². The summed E-state index contributed by atoms with van der Waals surface area (Å²) >= 11 is 0. The Labute approximate surface area is 170 Å². The fraction of sp³-hybridized carbons (Fsp3) is 0.391. The number of carboxylic acid groups (broad SMARTS) is 1. The Bertz CT molecular complexity index is 905. The summed E-state index contributed by atoms with van der Waals surface area (Å²) < 4.78 is 0. The molecule has 0 bridgehead atoms. The number of carbonyl (C=O) groups excluding carboxylic acids is 1. The van der Waals surface area contributed by atoms with Crippen LogP contribution < -0.4 is 0 Å². The molecule has 2 aliphatic rings. The standard InChI is InChI=1S/C23H26N2O4/c26-21-11-5-10-20(21)24-12-14-25(15-13-24)22(27)18-8-3-1-6-16(18)17-7-2-4-9-19(17)23(28)29/h1-4,6-9,20-21,26H,5,10-15H2,(H,28,29). The molecule has 1 heterocycles. The van der Waals surface area contributed by atoms with Gasteiger partial charge in [0.05, 0.1) is 11.7 Å². The van der Waals surface area contributed by atoms with E-state index in [0.717, 1.165) is 32.4 Å². The normalized spacial score (nSPS) is 22.6. The summed E-state index contributed by atoms with van der Waals surface area (Å²) in [4.78, 5) is 29.1. The first-order valence-electron chi connectivity index (χ1n) is 10.2. The molecule has 0 aromatic heterocycles. The summed E-state index contributed by atoms with van der Waals surface area (Å²) in [5.74, 6) is -1.08. The minimum atomic E-state index is -1.01. The second-order valence-electron chi connectivity index (χ2n) is 7.79. The van der Waals surface area contributed by atoms with Crippen molar-refractivity contribution in [1.82, 2.24) is 9.80 Å². The minimum absolute atomic E-state index is 0.0765. The van der Waals surface area contributed by atoms with E-state index in [1.807, 2.05) is 17.0 Å². The van der Waals surface area contributed by atoms with Crippen molar-refractivity contribution < 1.29 is 19.8 Å². The molecule has 1 saturated carbocycles. The number of piperazine rings is 1. The van der Waals surface area contributed by atoms with E-state index in [2.05, 4.69) is 4.90 Å². The van der Waals surface area contributed by atoms with Gasteiger partial charge in [0.15, 0.2) is 0 Å². The zero-order valence-corrected chi connectivity index (χ0v) is 16.3. The van der Waals surface area contributed by atoms with E-state index in [1.165, 1.54) is 0 Å². The molecule has 2 N–H and O–H groups in total. The fourth-order valence-electron chi connectivity index (χ4n) is 4.58. The van der Waals surface area contributed by atoms with Crippen LogP contribution in [0, 0.1) is 0 Å². The van der Waals surface area contributed by atoms with Gasteiger partial charge in [-0.1, -0.05) is 36.4 Å². The Kier molecular flexibility index (Phi) is 5.65. The lowest BCUT2D eigenvalue weighted by Gasteiger charge is -2.39. The van der Waals surface area contributed by atoms with E-state index in [9.17, 15) is 19.8 Å². The SMILES string of the molecule is O=C(O)c1ccccc1-c1ccccc1C(=O)N1CCN(C2CCCC2O)CC1. The van der Waals surface area contributed by atoms with Crippen molar-refractivity contribution in [2.45, 2.75) is 31.4 Å². The van der Waals surface area contributed by atoms with Gasteiger partial charge in [0, 0.05) is 37.8 Å². The lowest BCUT2D eigenvalue weighted by atomic mass is 9.94. The number of benzene rings is 2. The summed E-state index contributed by atoms with van der Waals surface area (Å²) in [6, 6.07) is 14.2. The Morgan fingerprint density at radius 3 is 2.00 bits per heavy atom. The third-order valence-electron chi connectivity index (χ3n) is 6.12. The van der Waals surface area contributed by atoms with Gasteiger partial charge in [-0.15, -0.1) is 0 Å². The van der Waals surface area contributed by atoms with Crippen LogP contribution in [0.2, 0.25) is 0 Å². The zero-order chi connectivity index (χ0) is 20.4. The number of aromatic carboxylic acids is 1. The Morgan fingerprint density at radius 2 is 1.41 bits per heavy atom. The van der Waals surface area contributed by atoms with Gasteiger partial charge in [0.1, 0.15) is 0 Å². The van der Waals surface area contributed by atoms with Crippen molar-refractivity contribution in [2.24, 2.45) is 0 Å². The molecule has 2 aromatic carbocycles. The van der Waals surface area contributed by atoms with Crippen LogP contribution in [0.4, 0.5) is 0 Å². The number of rotatable bonds is 4. The number of hydrogen-bond acceptors (Lipinski definition) is 4. The van der Waals surface area contributed by atoms with Crippen LogP contribution in [-0.4, -0.2) is 70.2 Å². The number of carboxylic acids is 1. The Hall–Kier alpha value is -2.70. The third-order valence-corrected chi connectivity index (χ3v) is 6.12. The van der Waals surface area contributed by atoms with Crippen molar-refractivity contribution >= 4 is 11.9 Å². The fourth-order valence-corrected chi connectivity index (χ4v) is 4.58. The number of carbonyl (C=O) groups is 2. The van der Waals surface area contributed by atoms with Crippen LogP contribution in [-0.2, 0) is 0 Å². The van der Waals surface area contributed by atoms with Crippen molar-refractivity contribution in [3.05, 3.63) is 59.7 Å². The number of aliphatic hydroxyl groups excluding tert-OH is 1. The van der Waals surface area contributed by atoms with Gasteiger partial charge in [0.25, 0.3) is 5.91 Å². The van der Waals surface area contributed by atoms with E-state index in [-0.39, 0.29) is 23.6 Å². The molecule has 29 heavy (non-hydrogen) atoms. The molecule has 1 aliphatic heterocycles. The first kappa shape index (κ1) is 19.6.